The first-order valence-electron chi connectivity index (χ1n) is 12.4. The third-order valence-corrected chi connectivity index (χ3v) is 7.61. The van der Waals surface area contributed by atoms with Crippen LogP contribution in [0.25, 0.3) is 11.1 Å². The Morgan fingerprint density at radius 3 is 1.88 bits per heavy atom. The summed E-state index contributed by atoms with van der Waals surface area (Å²) >= 11 is 1.46. The number of rotatable bonds is 5. The van der Waals surface area contributed by atoms with Crippen LogP contribution < -0.4 is 39.0 Å². The van der Waals surface area contributed by atoms with E-state index in [1.807, 2.05) is 24.3 Å². The van der Waals surface area contributed by atoms with Gasteiger partial charge in [-0.05, 0) is 24.1 Å². The molecule has 40 heavy (non-hydrogen) atoms. The van der Waals surface area contributed by atoms with Gasteiger partial charge in [0.25, 0.3) is 0 Å². The van der Waals surface area contributed by atoms with Gasteiger partial charge in [0.05, 0.1) is 21.3 Å². The van der Waals surface area contributed by atoms with Crippen LogP contribution in [0.15, 0.2) is 103 Å². The number of halogens is 2. The molecule has 4 aromatic carbocycles. The fraction of sp³-hybridized carbons (Fsp3) is 0.147. The normalized spacial score (nSPS) is 11.2. The molecule has 0 saturated heterocycles. The average molecular weight is 649 g/mol. The number of benzene rings is 4. The Kier molecular flexibility index (Phi) is 14.2. The van der Waals surface area contributed by atoms with Crippen molar-refractivity contribution in [3.05, 3.63) is 138 Å². The zero-order valence-electron chi connectivity index (χ0n) is 22.7. The molecule has 3 nitrogen and oxygen atoms in total. The molecule has 0 spiro atoms. The molecule has 0 aliphatic heterocycles. The van der Waals surface area contributed by atoms with Gasteiger partial charge in [0, 0.05) is 11.5 Å². The van der Waals surface area contributed by atoms with Gasteiger partial charge in [-0.3, -0.25) is 6.08 Å². The van der Waals surface area contributed by atoms with E-state index in [1.54, 1.807) is 21.3 Å². The summed E-state index contributed by atoms with van der Waals surface area (Å²) in [5.74, 6) is 2.25. The standard InChI is InChI=1S/C16H15O3.C13H10.C5H5.2ClH.Zr/c1-17-12-4-5-13-10(7-12)6-11-8-15(18-2)16(19-3)9-14(11)13;1-3-7-12(8-4-1)11-13-9-5-2-6-10-13;1-2-4-5-3-1;;;/h4-5,7,9H,6H2,1-3H3;1-10H;1-3H,4H2;2*1H;/q-1;;-1;;;+2/p-2. The van der Waals surface area contributed by atoms with E-state index in [2.05, 4.69) is 91.0 Å². The van der Waals surface area contributed by atoms with Gasteiger partial charge in [0.1, 0.15) is 5.75 Å². The first kappa shape index (κ1) is 33.3. The van der Waals surface area contributed by atoms with Crippen LogP contribution in [0, 0.1) is 12.1 Å². The number of fused-ring (bicyclic) bond motifs is 3. The summed E-state index contributed by atoms with van der Waals surface area (Å²) in [6.07, 6.45) is 10.8. The molecule has 0 radical (unpaired) electrons. The molecule has 2 aliphatic carbocycles. The molecule has 6 rings (SSSR count). The predicted octanol–water partition coefficient (Wildman–Crippen LogP) is 1.20. The summed E-state index contributed by atoms with van der Waals surface area (Å²) in [6.45, 7) is 0. The summed E-state index contributed by atoms with van der Waals surface area (Å²) in [7, 11) is 4.95. The van der Waals surface area contributed by atoms with Crippen molar-refractivity contribution in [1.82, 2.24) is 0 Å². The van der Waals surface area contributed by atoms with Gasteiger partial charge in [-0.1, -0.05) is 11.6 Å². The van der Waals surface area contributed by atoms with Crippen molar-refractivity contribution in [3.63, 3.8) is 0 Å². The monoisotopic (exact) mass is 646 g/mol. The molecule has 2 aliphatic rings. The molecule has 0 saturated carbocycles. The van der Waals surface area contributed by atoms with E-state index in [4.69, 9.17) is 14.2 Å². The van der Waals surface area contributed by atoms with Crippen LogP contribution in [0.5, 0.6) is 17.2 Å². The molecule has 0 amide bonds. The van der Waals surface area contributed by atoms with Crippen molar-refractivity contribution in [2.45, 2.75) is 12.8 Å². The molecule has 4 aromatic rings. The zero-order valence-corrected chi connectivity index (χ0v) is 26.7. The van der Waals surface area contributed by atoms with E-state index in [-0.39, 0.29) is 24.8 Å². The Labute approximate surface area is 265 Å². The first-order valence-corrected chi connectivity index (χ1v) is 13.6. The van der Waals surface area contributed by atoms with E-state index < -0.39 is 0 Å². The van der Waals surface area contributed by atoms with Gasteiger partial charge in [-0.15, -0.1) is 29.7 Å². The Morgan fingerprint density at radius 1 is 0.750 bits per heavy atom. The Hall–Kier alpha value is -2.91. The minimum atomic E-state index is 0. The van der Waals surface area contributed by atoms with E-state index >= 15 is 0 Å². The third kappa shape index (κ3) is 8.54. The second kappa shape index (κ2) is 17.0. The van der Waals surface area contributed by atoms with Gasteiger partial charge in [-0.2, -0.15) is 6.08 Å². The van der Waals surface area contributed by atoms with E-state index in [0.717, 1.165) is 29.7 Å². The molecule has 0 atom stereocenters. The summed E-state index contributed by atoms with van der Waals surface area (Å²) in [4.78, 5) is 0. The fourth-order valence-electron chi connectivity index (χ4n) is 4.25. The summed E-state index contributed by atoms with van der Waals surface area (Å²) in [5, 5.41) is 0. The average Bonchev–Trinajstić information content (AvgIpc) is 3.68. The predicted molar refractivity (Wildman–Crippen MR) is 151 cm³/mol. The second-order valence-corrected chi connectivity index (χ2v) is 9.80. The SMILES string of the molecule is COc1ccc2c(c1)Cc1[c-]c(OC)c(OC)cc1-2.[C-]1=CC=CC1.[Cl-].[Cl-].[Zr+2]=[C](c1ccccc1)c1ccccc1. The molecule has 0 aromatic heterocycles. The topological polar surface area (TPSA) is 27.7 Å². The number of hydrogen-bond donors (Lipinski definition) is 0. The number of hydrogen-bond acceptors (Lipinski definition) is 3. The first-order chi connectivity index (χ1) is 18.6. The molecular weight excluding hydrogens is 619 g/mol. The molecule has 0 unspecified atom stereocenters. The zero-order chi connectivity index (χ0) is 26.7. The quantitative estimate of drug-likeness (QED) is 0.269. The number of allylic oxidation sites excluding steroid dienone is 4. The second-order valence-electron chi connectivity index (χ2n) is 8.57. The summed E-state index contributed by atoms with van der Waals surface area (Å²) < 4.78 is 17.3. The maximum atomic E-state index is 5.34. The third-order valence-electron chi connectivity index (χ3n) is 6.19. The Balaban J connectivity index is 0.000000235. The van der Waals surface area contributed by atoms with Crippen molar-refractivity contribution in [3.8, 4) is 28.4 Å². The number of methoxy groups -OCH3 is 3. The molecule has 0 heterocycles. The van der Waals surface area contributed by atoms with Gasteiger partial charge in [0.15, 0.2) is 0 Å². The van der Waals surface area contributed by atoms with Crippen LogP contribution in [0.2, 0.25) is 0 Å². The Bertz CT molecular complexity index is 1380. The molecular formula is C34H30Cl2O3Zr-2. The molecule has 204 valence electrons. The van der Waals surface area contributed by atoms with Gasteiger partial charge in [0.2, 0.25) is 0 Å². The van der Waals surface area contributed by atoms with E-state index in [0.29, 0.717) is 11.5 Å². The van der Waals surface area contributed by atoms with Crippen molar-refractivity contribution < 1.29 is 63.3 Å². The summed E-state index contributed by atoms with van der Waals surface area (Å²) in [6, 6.07) is 32.5. The van der Waals surface area contributed by atoms with E-state index in [1.165, 1.54) is 49.7 Å². The van der Waals surface area contributed by atoms with Crippen LogP contribution in [0.3, 0.4) is 0 Å². The van der Waals surface area contributed by atoms with Crippen LogP contribution in [0.4, 0.5) is 0 Å². The van der Waals surface area contributed by atoms with Crippen LogP contribution in [-0.4, -0.2) is 24.5 Å². The van der Waals surface area contributed by atoms with E-state index in [9.17, 15) is 0 Å². The Morgan fingerprint density at radius 2 is 1.40 bits per heavy atom. The van der Waals surface area contributed by atoms with Crippen molar-refractivity contribution in [2.75, 3.05) is 21.3 Å². The van der Waals surface area contributed by atoms with Crippen molar-refractivity contribution in [1.29, 1.82) is 0 Å². The van der Waals surface area contributed by atoms with Crippen molar-refractivity contribution in [2.24, 2.45) is 0 Å². The van der Waals surface area contributed by atoms with Gasteiger partial charge >= 0.3 is 99.2 Å². The minimum absolute atomic E-state index is 0. The van der Waals surface area contributed by atoms with Gasteiger partial charge in [-0.25, -0.2) is 12.2 Å². The molecule has 6 heteroatoms. The van der Waals surface area contributed by atoms with Gasteiger partial charge < -0.3 is 39.0 Å². The van der Waals surface area contributed by atoms with Crippen LogP contribution in [0.1, 0.15) is 28.7 Å². The van der Waals surface area contributed by atoms with Crippen LogP contribution >= 0.6 is 0 Å². The molecule has 0 bridgehead atoms. The molecule has 0 N–H and O–H groups in total. The maximum absolute atomic E-state index is 5.34. The number of ether oxygens (including phenoxy) is 3. The van der Waals surface area contributed by atoms with Crippen molar-refractivity contribution >= 4 is 3.21 Å². The van der Waals surface area contributed by atoms with Crippen LogP contribution in [-0.2, 0) is 30.7 Å². The molecule has 0 fully saturated rings. The fourth-order valence-corrected chi connectivity index (χ4v) is 5.07. The summed E-state index contributed by atoms with van der Waals surface area (Å²) in [5.41, 5.74) is 7.43.